The van der Waals surface area contributed by atoms with E-state index in [1.807, 2.05) is 0 Å². The van der Waals surface area contributed by atoms with E-state index < -0.39 is 17.5 Å². The van der Waals surface area contributed by atoms with Crippen LogP contribution in [0.4, 0.5) is 16.2 Å². The topological polar surface area (TPSA) is 108 Å². The number of urea groups is 1. The van der Waals surface area contributed by atoms with Gasteiger partial charge in [-0.1, -0.05) is 23.7 Å². The minimum Gasteiger partial charge on any atom is -0.322 e. The first-order valence-electron chi connectivity index (χ1n) is 9.43. The molecule has 0 bridgehead atoms. The smallest absolute Gasteiger partial charge is 0.322 e. The van der Waals surface area contributed by atoms with Gasteiger partial charge in [-0.3, -0.25) is 19.7 Å². The average molecular weight is 427 g/mol. The maximum absolute atomic E-state index is 12.8. The molecule has 0 aliphatic carbocycles. The van der Waals surface area contributed by atoms with Crippen LogP contribution in [0.1, 0.15) is 35.7 Å². The molecule has 2 fully saturated rings. The number of halogens is 1. The third-order valence-electron chi connectivity index (χ3n) is 5.32. The molecule has 2 aliphatic heterocycles. The number of carbonyl (C=O) groups is 4. The van der Waals surface area contributed by atoms with Crippen molar-refractivity contribution in [3.05, 3.63) is 58.6 Å². The van der Waals surface area contributed by atoms with E-state index in [9.17, 15) is 19.2 Å². The summed E-state index contributed by atoms with van der Waals surface area (Å²) in [5, 5.41) is 7.99. The largest absolute Gasteiger partial charge is 0.322 e. The van der Waals surface area contributed by atoms with Crippen molar-refractivity contribution in [1.82, 2.24) is 10.6 Å². The van der Waals surface area contributed by atoms with Crippen molar-refractivity contribution in [1.29, 1.82) is 0 Å². The lowest BCUT2D eigenvalue weighted by atomic mass is 9.92. The van der Waals surface area contributed by atoms with Gasteiger partial charge in [0.1, 0.15) is 5.54 Å². The molecule has 0 unspecified atom stereocenters. The first kappa shape index (κ1) is 19.9. The Morgan fingerprint density at radius 1 is 1.17 bits per heavy atom. The number of nitrogens with one attached hydrogen (secondary N) is 3. The van der Waals surface area contributed by atoms with Crippen LogP contribution in [-0.2, 0) is 15.1 Å². The summed E-state index contributed by atoms with van der Waals surface area (Å²) >= 11 is 6.24. The van der Waals surface area contributed by atoms with Crippen molar-refractivity contribution in [3.63, 3.8) is 0 Å². The molecule has 5 amide bonds. The second kappa shape index (κ2) is 7.46. The Labute approximate surface area is 177 Å². The Morgan fingerprint density at radius 2 is 1.97 bits per heavy atom. The van der Waals surface area contributed by atoms with Gasteiger partial charge in [-0.25, -0.2) is 4.79 Å². The molecule has 2 aromatic rings. The molecule has 30 heavy (non-hydrogen) atoms. The second-order valence-electron chi connectivity index (χ2n) is 7.38. The number of amides is 5. The van der Waals surface area contributed by atoms with E-state index in [1.54, 1.807) is 54.3 Å². The van der Waals surface area contributed by atoms with Gasteiger partial charge in [0.15, 0.2) is 0 Å². The zero-order chi connectivity index (χ0) is 21.5. The van der Waals surface area contributed by atoms with Crippen molar-refractivity contribution in [2.24, 2.45) is 0 Å². The van der Waals surface area contributed by atoms with E-state index >= 15 is 0 Å². The predicted octanol–water partition coefficient (Wildman–Crippen LogP) is 2.77. The number of rotatable bonds is 4. The van der Waals surface area contributed by atoms with E-state index in [0.29, 0.717) is 40.5 Å². The fourth-order valence-corrected chi connectivity index (χ4v) is 3.84. The van der Waals surface area contributed by atoms with Gasteiger partial charge in [0.25, 0.3) is 11.8 Å². The van der Waals surface area contributed by atoms with Crippen LogP contribution in [0.25, 0.3) is 0 Å². The van der Waals surface area contributed by atoms with Crippen molar-refractivity contribution in [3.8, 4) is 0 Å². The SMILES string of the molecule is C[C@]1(c2cccc(NC(=O)c3ccc(Cl)c(N4CCCC4=O)c3)c2)NC(=O)NC1=O. The highest BCUT2D eigenvalue weighted by Crippen LogP contribution is 2.31. The maximum atomic E-state index is 12.8. The Kier molecular flexibility index (Phi) is 4.95. The molecule has 0 spiro atoms. The highest BCUT2D eigenvalue weighted by Gasteiger charge is 2.43. The highest BCUT2D eigenvalue weighted by atomic mass is 35.5. The number of carbonyl (C=O) groups excluding carboxylic acids is 4. The van der Waals surface area contributed by atoms with Crippen LogP contribution in [-0.4, -0.2) is 30.3 Å². The van der Waals surface area contributed by atoms with Crippen LogP contribution in [0.2, 0.25) is 5.02 Å². The fraction of sp³-hybridized carbons (Fsp3) is 0.238. The number of nitrogens with zero attached hydrogens (tertiary/aromatic N) is 1. The van der Waals surface area contributed by atoms with Crippen LogP contribution in [0.15, 0.2) is 42.5 Å². The van der Waals surface area contributed by atoms with Crippen LogP contribution in [0.5, 0.6) is 0 Å². The lowest BCUT2D eigenvalue weighted by Crippen LogP contribution is -2.40. The summed E-state index contributed by atoms with van der Waals surface area (Å²) in [6, 6.07) is 10.9. The fourth-order valence-electron chi connectivity index (χ4n) is 3.62. The lowest BCUT2D eigenvalue weighted by molar-refractivity contribution is -0.123. The van der Waals surface area contributed by atoms with E-state index in [-0.39, 0.29) is 11.8 Å². The van der Waals surface area contributed by atoms with Crippen molar-refractivity contribution in [2.75, 3.05) is 16.8 Å². The van der Waals surface area contributed by atoms with Gasteiger partial charge in [-0.2, -0.15) is 0 Å². The molecular formula is C21H19ClN4O4. The molecule has 9 heteroatoms. The summed E-state index contributed by atoms with van der Waals surface area (Å²) in [5.41, 5.74) is 0.627. The Bertz CT molecular complexity index is 1090. The van der Waals surface area contributed by atoms with Crippen LogP contribution < -0.4 is 20.9 Å². The van der Waals surface area contributed by atoms with Gasteiger partial charge in [0.2, 0.25) is 5.91 Å². The van der Waals surface area contributed by atoms with Crippen molar-refractivity contribution < 1.29 is 19.2 Å². The summed E-state index contributed by atoms with van der Waals surface area (Å²) in [4.78, 5) is 50.1. The van der Waals surface area contributed by atoms with Gasteiger partial charge in [0, 0.05) is 24.2 Å². The van der Waals surface area contributed by atoms with Crippen molar-refractivity contribution in [2.45, 2.75) is 25.3 Å². The zero-order valence-electron chi connectivity index (χ0n) is 16.1. The summed E-state index contributed by atoms with van der Waals surface area (Å²) in [6.07, 6.45) is 1.21. The first-order chi connectivity index (χ1) is 14.3. The molecule has 154 valence electrons. The van der Waals surface area contributed by atoms with Gasteiger partial charge >= 0.3 is 6.03 Å². The van der Waals surface area contributed by atoms with Crippen LogP contribution in [0.3, 0.4) is 0 Å². The molecule has 0 saturated carbocycles. The molecule has 8 nitrogen and oxygen atoms in total. The average Bonchev–Trinajstić information content (AvgIpc) is 3.25. The summed E-state index contributed by atoms with van der Waals surface area (Å²) in [7, 11) is 0. The monoisotopic (exact) mass is 426 g/mol. The molecule has 2 saturated heterocycles. The maximum Gasteiger partial charge on any atom is 0.322 e. The molecule has 2 aliphatic rings. The van der Waals surface area contributed by atoms with Crippen molar-refractivity contribution >= 4 is 46.7 Å². The molecule has 2 heterocycles. The number of imide groups is 1. The van der Waals surface area contributed by atoms with E-state index in [1.165, 1.54) is 0 Å². The number of hydrogen-bond donors (Lipinski definition) is 3. The molecule has 1 atom stereocenters. The van der Waals surface area contributed by atoms with Crippen LogP contribution in [0, 0.1) is 0 Å². The standard InChI is InChI=1S/C21H19ClN4O4/c1-21(19(29)24-20(30)25-21)13-4-2-5-14(11-13)23-18(28)12-7-8-15(22)16(10-12)26-9-3-6-17(26)27/h2,4-5,7-8,10-11H,3,6,9H2,1H3,(H,23,28)(H2,24,25,29,30)/t21-/m1/s1. The molecule has 4 rings (SSSR count). The molecular weight excluding hydrogens is 408 g/mol. The Hall–Kier alpha value is -3.39. The van der Waals surface area contributed by atoms with Crippen LogP contribution >= 0.6 is 11.6 Å². The highest BCUT2D eigenvalue weighted by molar-refractivity contribution is 6.34. The van der Waals surface area contributed by atoms with E-state index in [2.05, 4.69) is 16.0 Å². The summed E-state index contributed by atoms with van der Waals surface area (Å²) in [6.45, 7) is 2.16. The normalized spacial score (nSPS) is 20.9. The molecule has 2 aromatic carbocycles. The van der Waals surface area contributed by atoms with Gasteiger partial charge in [-0.05, 0) is 49.2 Å². The van der Waals surface area contributed by atoms with Gasteiger partial charge in [0.05, 0.1) is 10.7 Å². The van der Waals surface area contributed by atoms with Gasteiger partial charge in [-0.15, -0.1) is 0 Å². The van der Waals surface area contributed by atoms with E-state index in [4.69, 9.17) is 11.6 Å². The Balaban J connectivity index is 1.57. The number of hydrogen-bond acceptors (Lipinski definition) is 4. The third-order valence-corrected chi connectivity index (χ3v) is 5.63. The quantitative estimate of drug-likeness (QED) is 0.653. The Morgan fingerprint density at radius 3 is 2.63 bits per heavy atom. The number of benzene rings is 2. The number of anilines is 2. The first-order valence-corrected chi connectivity index (χ1v) is 9.81. The predicted molar refractivity (Wildman–Crippen MR) is 111 cm³/mol. The minimum atomic E-state index is -1.22. The zero-order valence-corrected chi connectivity index (χ0v) is 16.9. The summed E-state index contributed by atoms with van der Waals surface area (Å²) < 4.78 is 0. The second-order valence-corrected chi connectivity index (χ2v) is 7.79. The third kappa shape index (κ3) is 3.50. The molecule has 3 N–H and O–H groups in total. The summed E-state index contributed by atoms with van der Waals surface area (Å²) in [5.74, 6) is -0.873. The lowest BCUT2D eigenvalue weighted by Gasteiger charge is -2.22. The molecule has 0 aromatic heterocycles. The van der Waals surface area contributed by atoms with Gasteiger partial charge < -0.3 is 15.5 Å². The van der Waals surface area contributed by atoms with E-state index in [0.717, 1.165) is 6.42 Å². The molecule has 0 radical (unpaired) electrons. The minimum absolute atomic E-state index is 0.0210.